The zero-order valence-corrected chi connectivity index (χ0v) is 21.5. The van der Waals surface area contributed by atoms with Crippen LogP contribution in [0.25, 0.3) is 0 Å². The van der Waals surface area contributed by atoms with Gasteiger partial charge in [-0.1, -0.05) is 78.1 Å². The molecule has 0 saturated carbocycles. The maximum Gasteiger partial charge on any atom is 0.233 e. The third kappa shape index (κ3) is 6.79. The molecule has 2 rings (SSSR count). The van der Waals surface area contributed by atoms with Gasteiger partial charge in [-0.25, -0.2) is 0 Å². The molecular formula is C27H50N2O2. The van der Waals surface area contributed by atoms with Gasteiger partial charge < -0.3 is 0 Å². The van der Waals surface area contributed by atoms with E-state index in [0.29, 0.717) is 6.42 Å². The van der Waals surface area contributed by atoms with Crippen LogP contribution in [0.2, 0.25) is 0 Å². The molecule has 3 atom stereocenters. The maximum atomic E-state index is 13.2. The summed E-state index contributed by atoms with van der Waals surface area (Å²) in [7, 11) is 2.20. The van der Waals surface area contributed by atoms with E-state index in [1.807, 2.05) is 0 Å². The van der Waals surface area contributed by atoms with E-state index in [9.17, 15) is 9.59 Å². The van der Waals surface area contributed by atoms with Gasteiger partial charge in [0.25, 0.3) is 0 Å². The molecule has 2 saturated heterocycles. The summed E-state index contributed by atoms with van der Waals surface area (Å²) in [6, 6.07) is 0.0499. The minimum Gasteiger partial charge on any atom is -0.296 e. The van der Waals surface area contributed by atoms with Crippen LogP contribution in [0.1, 0.15) is 131 Å². The van der Waals surface area contributed by atoms with Crippen molar-refractivity contribution in [2.24, 2.45) is 5.92 Å². The quantitative estimate of drug-likeness (QED) is 0.239. The van der Waals surface area contributed by atoms with Crippen LogP contribution in [0.5, 0.6) is 0 Å². The number of likely N-dealkylation sites (tertiary alicyclic amines) is 2. The van der Waals surface area contributed by atoms with Gasteiger partial charge in [-0.2, -0.15) is 0 Å². The Kier molecular flexibility index (Phi) is 10.0. The molecule has 2 fully saturated rings. The van der Waals surface area contributed by atoms with E-state index in [0.717, 1.165) is 32.1 Å². The van der Waals surface area contributed by atoms with Crippen LogP contribution in [0.15, 0.2) is 0 Å². The van der Waals surface area contributed by atoms with E-state index < -0.39 is 0 Å². The first-order chi connectivity index (χ1) is 14.7. The minimum atomic E-state index is -0.0720. The van der Waals surface area contributed by atoms with Crippen LogP contribution in [-0.2, 0) is 9.59 Å². The third-order valence-corrected chi connectivity index (χ3v) is 8.44. The molecule has 4 nitrogen and oxygen atoms in total. The normalized spacial score (nSPS) is 29.2. The molecule has 2 aliphatic rings. The third-order valence-electron chi connectivity index (χ3n) is 8.44. The smallest absolute Gasteiger partial charge is 0.233 e. The van der Waals surface area contributed by atoms with Crippen molar-refractivity contribution in [2.75, 3.05) is 7.05 Å². The fraction of sp³-hybridized carbons (Fsp3) is 0.926. The largest absolute Gasteiger partial charge is 0.296 e. The Morgan fingerprint density at radius 2 is 1.39 bits per heavy atom. The average Bonchev–Trinajstić information content (AvgIpc) is 3.00. The molecule has 0 aromatic rings. The summed E-state index contributed by atoms with van der Waals surface area (Å²) in [5.74, 6) is 0.118. The molecule has 31 heavy (non-hydrogen) atoms. The van der Waals surface area contributed by atoms with Gasteiger partial charge in [0, 0.05) is 29.5 Å². The van der Waals surface area contributed by atoms with Crippen LogP contribution in [0.4, 0.5) is 0 Å². The van der Waals surface area contributed by atoms with Crippen molar-refractivity contribution < 1.29 is 9.59 Å². The molecule has 0 aromatic carbocycles. The first-order valence-corrected chi connectivity index (χ1v) is 13.3. The van der Waals surface area contributed by atoms with Gasteiger partial charge in [0.2, 0.25) is 11.8 Å². The van der Waals surface area contributed by atoms with Crippen molar-refractivity contribution in [2.45, 2.75) is 148 Å². The standard InChI is InChI=1S/C27H50N2O2/c1-7-9-10-11-12-13-14-15-16-17-18-22-19-24(30)29(25(22)31)23-20-26(3,4)28(6)27(5,8-2)21-23/h22-23H,7-21H2,1-6H3. The van der Waals surface area contributed by atoms with Crippen molar-refractivity contribution in [1.29, 1.82) is 0 Å². The van der Waals surface area contributed by atoms with Gasteiger partial charge >= 0.3 is 0 Å². The van der Waals surface area contributed by atoms with Crippen LogP contribution >= 0.6 is 0 Å². The predicted octanol–water partition coefficient (Wildman–Crippen LogP) is 6.71. The summed E-state index contributed by atoms with van der Waals surface area (Å²) in [5.41, 5.74) is 0.0183. The zero-order valence-electron chi connectivity index (χ0n) is 21.5. The highest BCUT2D eigenvalue weighted by molar-refractivity contribution is 6.03. The predicted molar refractivity (Wildman–Crippen MR) is 130 cm³/mol. The molecule has 0 radical (unpaired) electrons. The number of rotatable bonds is 13. The van der Waals surface area contributed by atoms with E-state index >= 15 is 0 Å². The SMILES string of the molecule is CCCCCCCCCCCCC1CC(=O)N(C2CC(C)(C)N(C)C(C)(CC)C2)C1=O. The molecule has 3 unspecified atom stereocenters. The fourth-order valence-electron chi connectivity index (χ4n) is 5.93. The maximum absolute atomic E-state index is 13.2. The highest BCUT2D eigenvalue weighted by Crippen LogP contribution is 2.42. The molecule has 0 N–H and O–H groups in total. The van der Waals surface area contributed by atoms with Crippen molar-refractivity contribution in [3.05, 3.63) is 0 Å². The highest BCUT2D eigenvalue weighted by Gasteiger charge is 2.51. The first-order valence-electron chi connectivity index (χ1n) is 13.3. The second-order valence-corrected chi connectivity index (χ2v) is 11.3. The molecule has 0 spiro atoms. The lowest BCUT2D eigenvalue weighted by Gasteiger charge is -2.56. The number of nitrogens with zero attached hydrogens (tertiary/aromatic N) is 2. The Balaban J connectivity index is 1.77. The summed E-state index contributed by atoms with van der Waals surface area (Å²) >= 11 is 0. The molecular weight excluding hydrogens is 384 g/mol. The van der Waals surface area contributed by atoms with Gasteiger partial charge in [-0.15, -0.1) is 0 Å². The number of unbranched alkanes of at least 4 members (excludes halogenated alkanes) is 9. The van der Waals surface area contributed by atoms with Gasteiger partial charge in [0.15, 0.2) is 0 Å². The Bertz CT molecular complexity index is 588. The number of piperidine rings is 1. The van der Waals surface area contributed by atoms with Gasteiger partial charge in [0.05, 0.1) is 0 Å². The number of carbonyl (C=O) groups excluding carboxylic acids is 2. The Morgan fingerprint density at radius 3 is 1.94 bits per heavy atom. The molecule has 180 valence electrons. The van der Waals surface area contributed by atoms with Crippen LogP contribution < -0.4 is 0 Å². The van der Waals surface area contributed by atoms with Crippen molar-refractivity contribution in [3.63, 3.8) is 0 Å². The number of imide groups is 1. The minimum absolute atomic E-state index is 0.0110. The molecule has 0 aliphatic carbocycles. The summed E-state index contributed by atoms with van der Waals surface area (Å²) in [4.78, 5) is 30.2. The second kappa shape index (κ2) is 11.8. The summed E-state index contributed by atoms with van der Waals surface area (Å²) in [6.45, 7) is 11.3. The van der Waals surface area contributed by atoms with E-state index in [1.165, 1.54) is 57.8 Å². The fourth-order valence-corrected chi connectivity index (χ4v) is 5.93. The highest BCUT2D eigenvalue weighted by atomic mass is 16.2. The topological polar surface area (TPSA) is 40.6 Å². The van der Waals surface area contributed by atoms with E-state index in [4.69, 9.17) is 0 Å². The van der Waals surface area contributed by atoms with Crippen LogP contribution in [0, 0.1) is 5.92 Å². The van der Waals surface area contributed by atoms with Crippen molar-refractivity contribution in [3.8, 4) is 0 Å². The molecule has 0 bridgehead atoms. The second-order valence-electron chi connectivity index (χ2n) is 11.3. The van der Waals surface area contributed by atoms with Gasteiger partial charge in [-0.3, -0.25) is 19.4 Å². The average molecular weight is 435 g/mol. The molecule has 2 aliphatic heterocycles. The number of amides is 2. The summed E-state index contributed by atoms with van der Waals surface area (Å²) in [5, 5.41) is 0. The van der Waals surface area contributed by atoms with E-state index in [2.05, 4.69) is 46.6 Å². The lowest BCUT2D eigenvalue weighted by molar-refractivity contribution is -0.147. The van der Waals surface area contributed by atoms with Crippen molar-refractivity contribution >= 4 is 11.8 Å². The number of carbonyl (C=O) groups is 2. The number of hydrogen-bond acceptors (Lipinski definition) is 3. The zero-order chi connectivity index (χ0) is 23.1. The molecule has 0 aromatic heterocycles. The molecule has 4 heteroatoms. The Hall–Kier alpha value is -0.900. The van der Waals surface area contributed by atoms with E-state index in [-0.39, 0.29) is 34.9 Å². The lowest BCUT2D eigenvalue weighted by Crippen LogP contribution is -2.64. The van der Waals surface area contributed by atoms with Crippen LogP contribution in [0.3, 0.4) is 0 Å². The Morgan fingerprint density at radius 1 is 0.839 bits per heavy atom. The lowest BCUT2D eigenvalue weighted by atomic mass is 9.75. The van der Waals surface area contributed by atoms with Gasteiger partial charge in [-0.05, 0) is 53.5 Å². The van der Waals surface area contributed by atoms with E-state index in [1.54, 1.807) is 4.90 Å². The summed E-state index contributed by atoms with van der Waals surface area (Å²) < 4.78 is 0. The van der Waals surface area contributed by atoms with Crippen LogP contribution in [-0.4, -0.2) is 45.8 Å². The first kappa shape index (κ1) is 26.4. The molecule has 2 heterocycles. The Labute approximate surface area is 192 Å². The monoisotopic (exact) mass is 434 g/mol. The molecule has 2 amide bonds. The summed E-state index contributed by atoms with van der Waals surface area (Å²) in [6.07, 6.45) is 17.2. The van der Waals surface area contributed by atoms with Gasteiger partial charge in [0.1, 0.15) is 0 Å². The number of hydrogen-bond donors (Lipinski definition) is 0. The van der Waals surface area contributed by atoms with Crippen molar-refractivity contribution in [1.82, 2.24) is 9.80 Å².